The Morgan fingerprint density at radius 3 is 2.68 bits per heavy atom. The lowest BCUT2D eigenvalue weighted by atomic mass is 10.1. The fourth-order valence-corrected chi connectivity index (χ4v) is 3.62. The highest BCUT2D eigenvalue weighted by atomic mass is 16.5. The summed E-state index contributed by atoms with van der Waals surface area (Å²) in [6.07, 6.45) is 1.40. The van der Waals surface area contributed by atoms with Gasteiger partial charge in [-0.15, -0.1) is 0 Å². The average Bonchev–Trinajstić information content (AvgIpc) is 3.29. The van der Waals surface area contributed by atoms with Gasteiger partial charge in [0.15, 0.2) is 5.82 Å². The van der Waals surface area contributed by atoms with Gasteiger partial charge in [-0.1, -0.05) is 53.2 Å². The molecule has 0 bridgehead atoms. The second-order valence-corrected chi connectivity index (χ2v) is 7.44. The molecule has 144 valence electrons. The zero-order valence-electron chi connectivity index (χ0n) is 16.1. The first-order valence-corrected chi connectivity index (χ1v) is 9.52. The Morgan fingerprint density at radius 1 is 1.18 bits per heavy atom. The van der Waals surface area contributed by atoms with Crippen molar-refractivity contribution in [1.82, 2.24) is 20.4 Å². The van der Waals surface area contributed by atoms with Crippen LogP contribution >= 0.6 is 0 Å². The first-order chi connectivity index (χ1) is 13.6. The number of hydrogen-bond acceptors (Lipinski definition) is 5. The van der Waals surface area contributed by atoms with Gasteiger partial charge in [-0.3, -0.25) is 9.69 Å². The number of rotatable bonds is 5. The Labute approximate surface area is 164 Å². The van der Waals surface area contributed by atoms with Crippen molar-refractivity contribution in [2.24, 2.45) is 0 Å². The van der Waals surface area contributed by atoms with Crippen LogP contribution in [0.2, 0.25) is 0 Å². The molecule has 28 heavy (non-hydrogen) atoms. The number of carbonyl (C=O) groups is 1. The summed E-state index contributed by atoms with van der Waals surface area (Å²) in [5, 5.41) is 7.25. The number of nitrogens with zero attached hydrogens (tertiary/aromatic N) is 3. The zero-order chi connectivity index (χ0) is 19.5. The Kier molecular flexibility index (Phi) is 5.21. The maximum atomic E-state index is 12.5. The molecule has 2 aromatic carbocycles. The Bertz CT molecular complexity index is 937. The van der Waals surface area contributed by atoms with E-state index in [4.69, 9.17) is 4.52 Å². The van der Waals surface area contributed by atoms with Crippen molar-refractivity contribution in [1.29, 1.82) is 0 Å². The molecule has 2 heterocycles. The number of carbonyl (C=O) groups excluding carboxylic acids is 1. The minimum absolute atomic E-state index is 0.0142. The third-order valence-corrected chi connectivity index (χ3v) is 5.17. The fraction of sp³-hybridized carbons (Fsp3) is 0.318. The molecule has 1 N–H and O–H groups in total. The van der Waals surface area contributed by atoms with Gasteiger partial charge in [-0.25, -0.2) is 0 Å². The minimum atomic E-state index is -0.0469. The van der Waals surface area contributed by atoms with E-state index in [-0.39, 0.29) is 18.0 Å². The number of nitrogens with one attached hydrogen (secondary N) is 1. The van der Waals surface area contributed by atoms with Crippen LogP contribution in [0.1, 0.15) is 45.7 Å². The number of amides is 1. The molecule has 1 aliphatic rings. The molecule has 0 radical (unpaired) electrons. The van der Waals surface area contributed by atoms with Crippen molar-refractivity contribution < 1.29 is 9.32 Å². The van der Waals surface area contributed by atoms with Crippen LogP contribution in [0.4, 0.5) is 0 Å². The van der Waals surface area contributed by atoms with Gasteiger partial charge in [0.05, 0.1) is 6.04 Å². The highest BCUT2D eigenvalue weighted by Gasteiger charge is 2.35. The molecule has 1 amide bonds. The summed E-state index contributed by atoms with van der Waals surface area (Å²) in [7, 11) is 2.02. The van der Waals surface area contributed by atoms with Crippen LogP contribution in [0.25, 0.3) is 0 Å². The van der Waals surface area contributed by atoms with Gasteiger partial charge in [-0.05, 0) is 38.1 Å². The summed E-state index contributed by atoms with van der Waals surface area (Å²) >= 11 is 0. The number of likely N-dealkylation sites (tertiary alicyclic amines) is 1. The van der Waals surface area contributed by atoms with Gasteiger partial charge in [0, 0.05) is 24.6 Å². The van der Waals surface area contributed by atoms with E-state index in [1.807, 2.05) is 68.6 Å². The molecule has 1 fully saturated rings. The van der Waals surface area contributed by atoms with Crippen molar-refractivity contribution >= 4 is 5.91 Å². The Hall–Kier alpha value is -2.99. The molecule has 4 rings (SSSR count). The van der Waals surface area contributed by atoms with E-state index in [9.17, 15) is 4.79 Å². The molecule has 0 saturated carbocycles. The largest absolute Gasteiger partial charge is 0.348 e. The maximum absolute atomic E-state index is 12.5. The summed E-state index contributed by atoms with van der Waals surface area (Å²) in [5.74, 6) is 1.25. The standard InChI is InChI=1S/C22H24N4O2/c1-15-8-10-17(11-9-15)21(27)23-18-13-19(26(2)14-18)22-24-20(25-28-22)12-16-6-4-3-5-7-16/h3-11,18-19H,12-14H2,1-2H3,(H,23,27)/t18-,19-/m0/s1. The first kappa shape index (κ1) is 18.4. The Morgan fingerprint density at radius 2 is 1.93 bits per heavy atom. The van der Waals surface area contributed by atoms with E-state index in [2.05, 4.69) is 20.4 Å². The predicted molar refractivity (Wildman–Crippen MR) is 106 cm³/mol. The van der Waals surface area contributed by atoms with Crippen LogP contribution in [0, 0.1) is 6.92 Å². The summed E-state index contributed by atoms with van der Waals surface area (Å²) in [4.78, 5) is 19.2. The molecule has 1 aliphatic heterocycles. The van der Waals surface area contributed by atoms with Gasteiger partial charge < -0.3 is 9.84 Å². The van der Waals surface area contributed by atoms with E-state index in [1.54, 1.807) is 0 Å². The fourth-order valence-electron chi connectivity index (χ4n) is 3.62. The molecular weight excluding hydrogens is 352 g/mol. The molecule has 6 nitrogen and oxygen atoms in total. The van der Waals surface area contributed by atoms with E-state index < -0.39 is 0 Å². The first-order valence-electron chi connectivity index (χ1n) is 9.52. The summed E-state index contributed by atoms with van der Waals surface area (Å²) in [6, 6.07) is 17.8. The van der Waals surface area contributed by atoms with Gasteiger partial charge in [0.1, 0.15) is 0 Å². The lowest BCUT2D eigenvalue weighted by molar-refractivity contribution is 0.0938. The quantitative estimate of drug-likeness (QED) is 0.741. The monoisotopic (exact) mass is 376 g/mol. The number of aryl methyl sites for hydroxylation is 1. The lowest BCUT2D eigenvalue weighted by Crippen LogP contribution is -2.36. The highest BCUT2D eigenvalue weighted by Crippen LogP contribution is 2.30. The predicted octanol–water partition coefficient (Wildman–Crippen LogP) is 3.14. The van der Waals surface area contributed by atoms with Crippen LogP contribution < -0.4 is 5.32 Å². The number of likely N-dealkylation sites (N-methyl/N-ethyl adjacent to an activating group) is 1. The smallest absolute Gasteiger partial charge is 0.251 e. The van der Waals surface area contributed by atoms with Gasteiger partial charge in [0.25, 0.3) is 5.91 Å². The topological polar surface area (TPSA) is 71.3 Å². The number of hydrogen-bond donors (Lipinski definition) is 1. The van der Waals surface area contributed by atoms with Crippen molar-refractivity contribution in [2.45, 2.75) is 31.8 Å². The van der Waals surface area contributed by atoms with Gasteiger partial charge in [0.2, 0.25) is 5.89 Å². The highest BCUT2D eigenvalue weighted by molar-refractivity contribution is 5.94. The molecule has 6 heteroatoms. The molecule has 0 spiro atoms. The second-order valence-electron chi connectivity index (χ2n) is 7.44. The van der Waals surface area contributed by atoms with Crippen LogP contribution in [0.3, 0.4) is 0 Å². The number of benzene rings is 2. The van der Waals surface area contributed by atoms with Crippen molar-refractivity contribution in [3.8, 4) is 0 Å². The van der Waals surface area contributed by atoms with E-state index in [0.717, 1.165) is 24.1 Å². The summed E-state index contributed by atoms with van der Waals surface area (Å²) in [5.41, 5.74) is 2.97. The second kappa shape index (κ2) is 7.94. The Balaban J connectivity index is 1.39. The van der Waals surface area contributed by atoms with Crippen molar-refractivity contribution in [2.75, 3.05) is 13.6 Å². The lowest BCUT2D eigenvalue weighted by Gasteiger charge is -2.14. The molecule has 3 aromatic rings. The van der Waals surface area contributed by atoms with Crippen LogP contribution in [-0.4, -0.2) is 40.6 Å². The van der Waals surface area contributed by atoms with E-state index in [1.165, 1.54) is 0 Å². The molecule has 1 aromatic heterocycles. The summed E-state index contributed by atoms with van der Waals surface area (Å²) < 4.78 is 5.53. The van der Waals surface area contributed by atoms with Crippen LogP contribution in [0.5, 0.6) is 0 Å². The molecule has 2 atom stereocenters. The van der Waals surface area contributed by atoms with Crippen LogP contribution in [0.15, 0.2) is 59.1 Å². The van der Waals surface area contributed by atoms with Crippen molar-refractivity contribution in [3.63, 3.8) is 0 Å². The molecular formula is C22H24N4O2. The SMILES string of the molecule is Cc1ccc(C(=O)N[C@H]2C[C@@H](c3nc(Cc4ccccc4)no3)N(C)C2)cc1. The zero-order valence-corrected chi connectivity index (χ0v) is 16.1. The summed E-state index contributed by atoms with van der Waals surface area (Å²) in [6.45, 7) is 2.76. The third-order valence-electron chi connectivity index (χ3n) is 5.17. The van der Waals surface area contributed by atoms with E-state index in [0.29, 0.717) is 23.7 Å². The van der Waals surface area contributed by atoms with Gasteiger partial charge in [-0.2, -0.15) is 4.98 Å². The average molecular weight is 376 g/mol. The molecule has 1 saturated heterocycles. The maximum Gasteiger partial charge on any atom is 0.251 e. The van der Waals surface area contributed by atoms with Gasteiger partial charge >= 0.3 is 0 Å². The van der Waals surface area contributed by atoms with Crippen molar-refractivity contribution in [3.05, 3.63) is 83.0 Å². The number of aromatic nitrogens is 2. The minimum Gasteiger partial charge on any atom is -0.348 e. The third kappa shape index (κ3) is 4.12. The molecule has 0 aliphatic carbocycles. The van der Waals surface area contributed by atoms with Crippen LogP contribution in [-0.2, 0) is 6.42 Å². The normalized spacial score (nSPS) is 19.6. The van der Waals surface area contributed by atoms with E-state index >= 15 is 0 Å². The molecule has 0 unspecified atom stereocenters.